The van der Waals surface area contributed by atoms with Gasteiger partial charge in [0.2, 0.25) is 5.91 Å². The van der Waals surface area contributed by atoms with Gasteiger partial charge in [-0.2, -0.15) is 5.21 Å². The van der Waals surface area contributed by atoms with E-state index in [9.17, 15) is 9.90 Å². The molecule has 9 nitrogen and oxygen atoms in total. The van der Waals surface area contributed by atoms with Gasteiger partial charge in [-0.25, -0.2) is 0 Å². The van der Waals surface area contributed by atoms with Crippen LogP contribution >= 0.6 is 0 Å². The number of nitrogens with one attached hydrogen (secondary N) is 2. The number of amides is 1. The summed E-state index contributed by atoms with van der Waals surface area (Å²) in [5.41, 5.74) is 1.34. The van der Waals surface area contributed by atoms with Gasteiger partial charge in [0, 0.05) is 0 Å². The lowest BCUT2D eigenvalue weighted by Crippen LogP contribution is -2.24. The van der Waals surface area contributed by atoms with Gasteiger partial charge in [0.15, 0.2) is 17.3 Å². The predicted molar refractivity (Wildman–Crippen MR) is 102 cm³/mol. The fraction of sp³-hybridized carbons (Fsp3) is 0.263. The van der Waals surface area contributed by atoms with E-state index in [4.69, 9.17) is 9.47 Å². The quantitative estimate of drug-likeness (QED) is 0.545. The van der Waals surface area contributed by atoms with Crippen LogP contribution in [-0.4, -0.2) is 45.4 Å². The molecule has 0 radical (unpaired) electrons. The molecule has 0 unspecified atom stereocenters. The second kappa shape index (κ2) is 8.85. The summed E-state index contributed by atoms with van der Waals surface area (Å²) in [5, 5.41) is 26.5. The number of ether oxygens (including phenoxy) is 2. The molecule has 3 rings (SSSR count). The highest BCUT2D eigenvalue weighted by molar-refractivity contribution is 5.96. The Morgan fingerprint density at radius 3 is 2.79 bits per heavy atom. The van der Waals surface area contributed by atoms with Crippen molar-refractivity contribution in [3.63, 3.8) is 0 Å². The molecule has 2 aromatic carbocycles. The number of para-hydroxylation sites is 2. The Balaban J connectivity index is 1.86. The molecule has 1 atom stereocenters. The number of benzene rings is 2. The molecule has 1 aromatic heterocycles. The van der Waals surface area contributed by atoms with E-state index in [0.717, 1.165) is 5.56 Å². The summed E-state index contributed by atoms with van der Waals surface area (Å²) in [6, 6.07) is 12.1. The summed E-state index contributed by atoms with van der Waals surface area (Å²) in [7, 11) is 1.47. The molecule has 0 spiro atoms. The Labute approximate surface area is 161 Å². The summed E-state index contributed by atoms with van der Waals surface area (Å²) in [4.78, 5) is 13.0. The minimum atomic E-state index is -0.706. The van der Waals surface area contributed by atoms with Crippen molar-refractivity contribution < 1.29 is 19.4 Å². The molecule has 1 amide bonds. The number of carbonyl (C=O) groups excluding carboxylic acids is 1. The molecule has 146 valence electrons. The SMILES string of the molecule is CCOc1ccccc1NC(=O)[C@H](Cc1ccc(O)c(OC)c1)c1nn[nH]n1. The number of aromatic amines is 1. The fourth-order valence-corrected chi connectivity index (χ4v) is 2.77. The highest BCUT2D eigenvalue weighted by Gasteiger charge is 2.26. The van der Waals surface area contributed by atoms with Crippen LogP contribution in [0.2, 0.25) is 0 Å². The summed E-state index contributed by atoms with van der Waals surface area (Å²) >= 11 is 0. The van der Waals surface area contributed by atoms with Crippen molar-refractivity contribution in [1.82, 2.24) is 20.6 Å². The standard InChI is InChI=1S/C19H21N5O4/c1-3-28-16-7-5-4-6-14(16)20-19(26)13(18-21-23-24-22-18)10-12-8-9-15(25)17(11-12)27-2/h4-9,11,13,25H,3,10H2,1-2H3,(H,20,26)(H,21,22,23,24)/t13-/m1/s1. The number of tetrazole rings is 1. The number of anilines is 1. The lowest BCUT2D eigenvalue weighted by atomic mass is 9.97. The average molecular weight is 383 g/mol. The first-order chi connectivity index (χ1) is 13.6. The molecule has 0 bridgehead atoms. The molecular formula is C19H21N5O4. The Morgan fingerprint density at radius 1 is 1.25 bits per heavy atom. The van der Waals surface area contributed by atoms with E-state index in [2.05, 4.69) is 25.9 Å². The van der Waals surface area contributed by atoms with Gasteiger partial charge >= 0.3 is 0 Å². The van der Waals surface area contributed by atoms with E-state index in [0.29, 0.717) is 30.2 Å². The van der Waals surface area contributed by atoms with Crippen LogP contribution in [-0.2, 0) is 11.2 Å². The van der Waals surface area contributed by atoms with Gasteiger partial charge < -0.3 is 19.9 Å². The molecule has 0 saturated heterocycles. The van der Waals surface area contributed by atoms with Gasteiger partial charge in [-0.05, 0) is 43.2 Å². The summed E-state index contributed by atoms with van der Waals surface area (Å²) in [6.07, 6.45) is 0.290. The van der Waals surface area contributed by atoms with Crippen molar-refractivity contribution >= 4 is 11.6 Å². The molecule has 0 aliphatic carbocycles. The number of phenolic OH excluding ortho intramolecular Hbond substituents is 1. The number of rotatable bonds is 8. The number of nitrogens with zero attached hydrogens (tertiary/aromatic N) is 3. The monoisotopic (exact) mass is 383 g/mol. The maximum atomic E-state index is 13.0. The molecule has 0 aliphatic heterocycles. The maximum absolute atomic E-state index is 13.0. The van der Waals surface area contributed by atoms with Crippen molar-refractivity contribution in [3.8, 4) is 17.2 Å². The number of aromatic nitrogens is 4. The molecule has 0 saturated carbocycles. The summed E-state index contributed by atoms with van der Waals surface area (Å²) in [5.74, 6) is 0.183. The summed E-state index contributed by atoms with van der Waals surface area (Å²) < 4.78 is 10.7. The van der Waals surface area contributed by atoms with E-state index in [-0.39, 0.29) is 17.5 Å². The van der Waals surface area contributed by atoms with E-state index in [1.54, 1.807) is 24.3 Å². The third-order valence-electron chi connectivity index (χ3n) is 4.12. The molecular weight excluding hydrogens is 362 g/mol. The van der Waals surface area contributed by atoms with Gasteiger partial charge in [-0.15, -0.1) is 10.2 Å². The topological polar surface area (TPSA) is 122 Å². The van der Waals surface area contributed by atoms with Crippen molar-refractivity contribution in [3.05, 3.63) is 53.9 Å². The predicted octanol–water partition coefficient (Wildman–Crippen LogP) is 2.28. The van der Waals surface area contributed by atoms with Gasteiger partial charge in [0.25, 0.3) is 0 Å². The van der Waals surface area contributed by atoms with Crippen molar-refractivity contribution in [1.29, 1.82) is 0 Å². The zero-order chi connectivity index (χ0) is 19.9. The molecule has 3 N–H and O–H groups in total. The molecule has 0 aliphatic rings. The van der Waals surface area contributed by atoms with Gasteiger partial charge in [-0.3, -0.25) is 4.79 Å². The van der Waals surface area contributed by atoms with Crippen LogP contribution in [0.1, 0.15) is 24.2 Å². The first-order valence-electron chi connectivity index (χ1n) is 8.74. The van der Waals surface area contributed by atoms with Gasteiger partial charge in [-0.1, -0.05) is 23.4 Å². The maximum Gasteiger partial charge on any atom is 0.235 e. The van der Waals surface area contributed by atoms with E-state index in [1.807, 2.05) is 19.1 Å². The molecule has 9 heteroatoms. The number of hydrogen-bond acceptors (Lipinski definition) is 7. The van der Waals surface area contributed by atoms with E-state index in [1.165, 1.54) is 13.2 Å². The lowest BCUT2D eigenvalue weighted by Gasteiger charge is -2.16. The third-order valence-corrected chi connectivity index (χ3v) is 4.12. The largest absolute Gasteiger partial charge is 0.504 e. The zero-order valence-electron chi connectivity index (χ0n) is 15.5. The number of methoxy groups -OCH3 is 1. The van der Waals surface area contributed by atoms with Crippen LogP contribution < -0.4 is 14.8 Å². The van der Waals surface area contributed by atoms with Crippen LogP contribution in [0, 0.1) is 0 Å². The van der Waals surface area contributed by atoms with Crippen molar-refractivity contribution in [2.24, 2.45) is 0 Å². The van der Waals surface area contributed by atoms with Crippen LogP contribution in [0.3, 0.4) is 0 Å². The average Bonchev–Trinajstić information content (AvgIpc) is 3.23. The van der Waals surface area contributed by atoms with Crippen molar-refractivity contribution in [2.45, 2.75) is 19.3 Å². The van der Waals surface area contributed by atoms with Crippen molar-refractivity contribution in [2.75, 3.05) is 19.0 Å². The second-order valence-electron chi connectivity index (χ2n) is 5.95. The van der Waals surface area contributed by atoms with E-state index < -0.39 is 5.92 Å². The number of aromatic hydroxyl groups is 1. The number of H-pyrrole nitrogens is 1. The van der Waals surface area contributed by atoms with Gasteiger partial charge in [0.1, 0.15) is 11.7 Å². The Hall–Kier alpha value is -3.62. The van der Waals surface area contributed by atoms with Crippen LogP contribution in [0.5, 0.6) is 17.2 Å². The molecule has 3 aromatic rings. The fourth-order valence-electron chi connectivity index (χ4n) is 2.77. The van der Waals surface area contributed by atoms with Gasteiger partial charge in [0.05, 0.1) is 19.4 Å². The first-order valence-corrected chi connectivity index (χ1v) is 8.74. The first kappa shape index (κ1) is 19.2. The van der Waals surface area contributed by atoms with Crippen LogP contribution in [0.15, 0.2) is 42.5 Å². The third kappa shape index (κ3) is 4.37. The highest BCUT2D eigenvalue weighted by atomic mass is 16.5. The zero-order valence-corrected chi connectivity index (χ0v) is 15.5. The normalized spacial score (nSPS) is 11.6. The minimum Gasteiger partial charge on any atom is -0.504 e. The lowest BCUT2D eigenvalue weighted by molar-refractivity contribution is -0.117. The Bertz CT molecular complexity index is 930. The Morgan fingerprint density at radius 2 is 2.07 bits per heavy atom. The number of phenols is 1. The van der Waals surface area contributed by atoms with Crippen LogP contribution in [0.4, 0.5) is 5.69 Å². The summed E-state index contributed by atoms with van der Waals surface area (Å²) in [6.45, 7) is 2.35. The van der Waals surface area contributed by atoms with E-state index >= 15 is 0 Å². The number of carbonyl (C=O) groups is 1. The van der Waals surface area contributed by atoms with Crippen LogP contribution in [0.25, 0.3) is 0 Å². The Kier molecular flexibility index (Phi) is 6.05. The molecule has 1 heterocycles. The molecule has 0 fully saturated rings. The smallest absolute Gasteiger partial charge is 0.235 e. The minimum absolute atomic E-state index is 0.0254. The highest BCUT2D eigenvalue weighted by Crippen LogP contribution is 2.30. The second-order valence-corrected chi connectivity index (χ2v) is 5.95. The molecule has 28 heavy (non-hydrogen) atoms. The number of hydrogen-bond donors (Lipinski definition) is 3.